The lowest BCUT2D eigenvalue weighted by Gasteiger charge is -2.33. The highest BCUT2D eigenvalue weighted by Gasteiger charge is 2.32. The van der Waals surface area contributed by atoms with E-state index in [-0.39, 0.29) is 16.0 Å². The number of nitrogen functional groups attached to an aromatic ring is 1. The molecule has 1 aromatic carbocycles. The summed E-state index contributed by atoms with van der Waals surface area (Å²) in [5, 5.41) is 0.221. The minimum atomic E-state index is -3.59. The van der Waals surface area contributed by atoms with Gasteiger partial charge in [-0.25, -0.2) is 8.42 Å². The zero-order chi connectivity index (χ0) is 15.6. The fraction of sp³-hybridized carbons (Fsp3) is 0.600. The minimum Gasteiger partial charge on any atom is -0.399 e. The highest BCUT2D eigenvalue weighted by Crippen LogP contribution is 2.33. The summed E-state index contributed by atoms with van der Waals surface area (Å²) in [7, 11) is -1.95. The number of rotatable bonds is 4. The fourth-order valence-electron chi connectivity index (χ4n) is 2.99. The van der Waals surface area contributed by atoms with Crippen molar-refractivity contribution in [1.82, 2.24) is 4.31 Å². The number of benzene rings is 1. The van der Waals surface area contributed by atoms with Gasteiger partial charge in [0.1, 0.15) is 4.90 Å². The number of hydrogen-bond acceptors (Lipinski definition) is 3. The summed E-state index contributed by atoms with van der Waals surface area (Å²) < 4.78 is 27.0. The van der Waals surface area contributed by atoms with Crippen molar-refractivity contribution < 1.29 is 8.42 Å². The lowest BCUT2D eigenvalue weighted by atomic mass is 9.85. The maximum Gasteiger partial charge on any atom is 0.244 e. The van der Waals surface area contributed by atoms with Gasteiger partial charge in [-0.2, -0.15) is 4.31 Å². The van der Waals surface area contributed by atoms with E-state index in [4.69, 9.17) is 17.3 Å². The van der Waals surface area contributed by atoms with Crippen molar-refractivity contribution in [2.75, 3.05) is 12.8 Å². The number of sulfonamides is 1. The van der Waals surface area contributed by atoms with E-state index in [2.05, 4.69) is 6.92 Å². The number of nitrogens with two attached hydrogens (primary N) is 1. The standard InChI is InChI=1S/C15H23ClN2O2S/c1-3-11-4-7-13(8-5-11)18(2)21(19,20)15-10-12(17)6-9-14(15)16/h6,9-11,13H,3-5,7-8,17H2,1-2H3. The van der Waals surface area contributed by atoms with Crippen LogP contribution >= 0.6 is 11.6 Å². The van der Waals surface area contributed by atoms with Crippen molar-refractivity contribution in [2.24, 2.45) is 5.92 Å². The van der Waals surface area contributed by atoms with Gasteiger partial charge in [0.25, 0.3) is 0 Å². The lowest BCUT2D eigenvalue weighted by molar-refractivity contribution is 0.233. The monoisotopic (exact) mass is 330 g/mol. The van der Waals surface area contributed by atoms with Crippen LogP contribution in [0.2, 0.25) is 5.02 Å². The van der Waals surface area contributed by atoms with Crippen LogP contribution in [0.25, 0.3) is 0 Å². The third kappa shape index (κ3) is 3.52. The van der Waals surface area contributed by atoms with E-state index in [1.807, 2.05) is 0 Å². The Balaban J connectivity index is 2.21. The van der Waals surface area contributed by atoms with E-state index in [9.17, 15) is 8.42 Å². The largest absolute Gasteiger partial charge is 0.399 e. The van der Waals surface area contributed by atoms with Gasteiger partial charge in [-0.15, -0.1) is 0 Å². The first-order chi connectivity index (χ1) is 9.86. The SMILES string of the molecule is CCC1CCC(N(C)S(=O)(=O)c2cc(N)ccc2Cl)CC1. The summed E-state index contributed by atoms with van der Waals surface area (Å²) >= 11 is 6.05. The van der Waals surface area contributed by atoms with Gasteiger partial charge in [-0.3, -0.25) is 0 Å². The molecule has 118 valence electrons. The highest BCUT2D eigenvalue weighted by atomic mass is 35.5. The van der Waals surface area contributed by atoms with Gasteiger partial charge in [0.2, 0.25) is 10.0 Å². The molecule has 21 heavy (non-hydrogen) atoms. The molecule has 0 unspecified atom stereocenters. The van der Waals surface area contributed by atoms with Gasteiger partial charge < -0.3 is 5.73 Å². The molecule has 1 saturated carbocycles. The lowest BCUT2D eigenvalue weighted by Crippen LogP contribution is -2.39. The van der Waals surface area contributed by atoms with Crippen LogP contribution in [0.1, 0.15) is 39.0 Å². The average molecular weight is 331 g/mol. The summed E-state index contributed by atoms with van der Waals surface area (Å²) in [6, 6.07) is 4.63. The molecule has 0 saturated heterocycles. The van der Waals surface area contributed by atoms with Gasteiger partial charge >= 0.3 is 0 Å². The van der Waals surface area contributed by atoms with E-state index in [0.717, 1.165) is 31.6 Å². The molecule has 2 rings (SSSR count). The molecule has 0 spiro atoms. The predicted molar refractivity (Wildman–Crippen MR) is 86.9 cm³/mol. The molecule has 1 aliphatic carbocycles. The van der Waals surface area contributed by atoms with Crippen LogP contribution < -0.4 is 5.73 Å². The van der Waals surface area contributed by atoms with E-state index >= 15 is 0 Å². The Morgan fingerprint density at radius 2 is 1.90 bits per heavy atom. The summed E-state index contributed by atoms with van der Waals surface area (Å²) in [6.07, 6.45) is 5.17. The van der Waals surface area contributed by atoms with Crippen LogP contribution in [-0.4, -0.2) is 25.8 Å². The molecule has 0 bridgehead atoms. The first-order valence-electron chi connectivity index (χ1n) is 7.39. The number of hydrogen-bond donors (Lipinski definition) is 1. The maximum atomic E-state index is 12.7. The third-order valence-corrected chi connectivity index (χ3v) is 6.91. The van der Waals surface area contributed by atoms with Crippen LogP contribution in [0.4, 0.5) is 5.69 Å². The minimum absolute atomic E-state index is 0.0512. The van der Waals surface area contributed by atoms with Gasteiger partial charge in [-0.1, -0.05) is 24.9 Å². The molecule has 4 nitrogen and oxygen atoms in total. The molecule has 1 fully saturated rings. The van der Waals surface area contributed by atoms with Crippen molar-refractivity contribution in [2.45, 2.75) is 50.0 Å². The Morgan fingerprint density at radius 3 is 2.48 bits per heavy atom. The Hall–Kier alpha value is -0.780. The van der Waals surface area contributed by atoms with Gasteiger partial charge in [-0.05, 0) is 49.8 Å². The van der Waals surface area contributed by atoms with Crippen LogP contribution in [0.5, 0.6) is 0 Å². The summed E-state index contributed by atoms with van der Waals surface area (Å²) in [4.78, 5) is 0.101. The van der Waals surface area contributed by atoms with Gasteiger partial charge in [0.05, 0.1) is 5.02 Å². The molecule has 6 heteroatoms. The van der Waals surface area contributed by atoms with E-state index in [0.29, 0.717) is 5.69 Å². The first-order valence-corrected chi connectivity index (χ1v) is 9.21. The zero-order valence-corrected chi connectivity index (χ0v) is 14.1. The molecule has 1 aromatic rings. The van der Waals surface area contributed by atoms with Crippen molar-refractivity contribution in [1.29, 1.82) is 0 Å². The van der Waals surface area contributed by atoms with Crippen LogP contribution in [0.15, 0.2) is 23.1 Å². The fourth-order valence-corrected chi connectivity index (χ4v) is 4.91. The normalized spacial score (nSPS) is 23.4. The topological polar surface area (TPSA) is 63.4 Å². The quantitative estimate of drug-likeness (QED) is 0.859. The molecular formula is C15H23ClN2O2S. The zero-order valence-electron chi connectivity index (χ0n) is 12.5. The van der Waals surface area contributed by atoms with Crippen LogP contribution in [0, 0.1) is 5.92 Å². The molecule has 0 amide bonds. The second kappa shape index (κ2) is 6.55. The number of nitrogens with zero attached hydrogens (tertiary/aromatic N) is 1. The second-order valence-corrected chi connectivity index (χ2v) is 8.17. The van der Waals surface area contributed by atoms with Crippen LogP contribution in [-0.2, 0) is 10.0 Å². The molecular weight excluding hydrogens is 308 g/mol. The number of anilines is 1. The summed E-state index contributed by atoms with van der Waals surface area (Å²) in [5.74, 6) is 0.730. The second-order valence-electron chi connectivity index (χ2n) is 5.79. The molecule has 0 heterocycles. The summed E-state index contributed by atoms with van der Waals surface area (Å²) in [5.41, 5.74) is 6.10. The van der Waals surface area contributed by atoms with E-state index in [1.165, 1.54) is 22.9 Å². The summed E-state index contributed by atoms with van der Waals surface area (Å²) in [6.45, 7) is 2.19. The average Bonchev–Trinajstić information content (AvgIpc) is 2.49. The molecule has 0 aromatic heterocycles. The van der Waals surface area contributed by atoms with Crippen molar-refractivity contribution in [3.8, 4) is 0 Å². The number of halogens is 1. The Kier molecular flexibility index (Phi) is 5.17. The Morgan fingerprint density at radius 1 is 1.29 bits per heavy atom. The molecule has 2 N–H and O–H groups in total. The molecule has 1 aliphatic rings. The van der Waals surface area contributed by atoms with Crippen LogP contribution in [0.3, 0.4) is 0 Å². The third-order valence-electron chi connectivity index (χ3n) is 4.52. The maximum absolute atomic E-state index is 12.7. The predicted octanol–water partition coefficient (Wildman–Crippen LogP) is 3.51. The van der Waals surface area contributed by atoms with Crippen molar-refractivity contribution in [3.63, 3.8) is 0 Å². The van der Waals surface area contributed by atoms with Crippen molar-refractivity contribution in [3.05, 3.63) is 23.2 Å². The van der Waals surface area contributed by atoms with Crippen molar-refractivity contribution >= 4 is 27.3 Å². The van der Waals surface area contributed by atoms with E-state index in [1.54, 1.807) is 13.1 Å². The first kappa shape index (κ1) is 16.6. The highest BCUT2D eigenvalue weighted by molar-refractivity contribution is 7.89. The molecule has 0 aliphatic heterocycles. The molecule has 0 atom stereocenters. The van der Waals surface area contributed by atoms with Gasteiger partial charge in [0.15, 0.2) is 0 Å². The smallest absolute Gasteiger partial charge is 0.244 e. The van der Waals surface area contributed by atoms with E-state index < -0.39 is 10.0 Å². The Bertz CT molecular complexity index is 596. The Labute approximate surface area is 132 Å². The van der Waals surface area contributed by atoms with Gasteiger partial charge in [0, 0.05) is 18.8 Å². The molecule has 0 radical (unpaired) electrons.